The molecule has 1 rings (SSSR count). The number of amides is 1. The monoisotopic (exact) mass is 266 g/mol. The number of nitriles is 1. The maximum Gasteiger partial charge on any atom is 0.306 e. The van der Waals surface area contributed by atoms with Gasteiger partial charge in [-0.3, -0.25) is 9.59 Å². The second-order valence-electron chi connectivity index (χ2n) is 5.43. The molecular formula is C14H22N2O3. The Hall–Kier alpha value is -1.57. The minimum absolute atomic E-state index is 0.0104. The highest BCUT2D eigenvalue weighted by Gasteiger charge is 2.33. The lowest BCUT2D eigenvalue weighted by molar-refractivity contribution is -0.146. The summed E-state index contributed by atoms with van der Waals surface area (Å²) in [4.78, 5) is 25.2. The van der Waals surface area contributed by atoms with E-state index < -0.39 is 11.9 Å². The van der Waals surface area contributed by atoms with Crippen LogP contribution in [0.5, 0.6) is 0 Å². The van der Waals surface area contributed by atoms with E-state index in [1.807, 2.05) is 19.9 Å². The SMILES string of the molecule is CC(C)N(CCC#N)C(=O)C1CCCC(C(=O)O)C1. The molecule has 19 heavy (non-hydrogen) atoms. The third-order valence-electron chi connectivity index (χ3n) is 3.74. The van der Waals surface area contributed by atoms with Gasteiger partial charge in [-0.2, -0.15) is 5.26 Å². The van der Waals surface area contributed by atoms with E-state index in [-0.39, 0.29) is 17.9 Å². The van der Waals surface area contributed by atoms with E-state index in [1.54, 1.807) is 4.90 Å². The van der Waals surface area contributed by atoms with Crippen LogP contribution < -0.4 is 0 Å². The van der Waals surface area contributed by atoms with Crippen LogP contribution in [-0.4, -0.2) is 34.5 Å². The average molecular weight is 266 g/mol. The molecule has 1 aliphatic carbocycles. The highest BCUT2D eigenvalue weighted by molar-refractivity contribution is 5.80. The lowest BCUT2D eigenvalue weighted by atomic mass is 9.80. The summed E-state index contributed by atoms with van der Waals surface area (Å²) in [6, 6.07) is 2.10. The van der Waals surface area contributed by atoms with E-state index in [9.17, 15) is 9.59 Å². The normalized spacial score (nSPS) is 22.8. The lowest BCUT2D eigenvalue weighted by Crippen LogP contribution is -2.43. The molecule has 0 saturated heterocycles. The Morgan fingerprint density at radius 2 is 2.00 bits per heavy atom. The zero-order chi connectivity index (χ0) is 14.4. The summed E-state index contributed by atoms with van der Waals surface area (Å²) in [5, 5.41) is 17.7. The summed E-state index contributed by atoms with van der Waals surface area (Å²) in [5.74, 6) is -1.38. The number of nitrogens with zero attached hydrogens (tertiary/aromatic N) is 2. The summed E-state index contributed by atoms with van der Waals surface area (Å²) in [5.41, 5.74) is 0. The van der Waals surface area contributed by atoms with Gasteiger partial charge in [0, 0.05) is 18.5 Å². The fraction of sp³-hybridized carbons (Fsp3) is 0.786. The molecule has 1 amide bonds. The van der Waals surface area contributed by atoms with Gasteiger partial charge >= 0.3 is 5.97 Å². The van der Waals surface area contributed by atoms with Crippen LogP contribution in [0.3, 0.4) is 0 Å². The first-order chi connectivity index (χ1) is 8.97. The highest BCUT2D eigenvalue weighted by atomic mass is 16.4. The third-order valence-corrected chi connectivity index (χ3v) is 3.74. The van der Waals surface area contributed by atoms with Crippen molar-refractivity contribution in [2.24, 2.45) is 11.8 Å². The smallest absolute Gasteiger partial charge is 0.306 e. The van der Waals surface area contributed by atoms with Crippen molar-refractivity contribution in [3.8, 4) is 6.07 Å². The Bertz CT molecular complexity index is 373. The molecule has 0 spiro atoms. The summed E-state index contributed by atoms with van der Waals surface area (Å²) >= 11 is 0. The van der Waals surface area contributed by atoms with Crippen LogP contribution in [0.4, 0.5) is 0 Å². The van der Waals surface area contributed by atoms with E-state index in [1.165, 1.54) is 0 Å². The Kier molecular flexibility index (Phi) is 5.81. The largest absolute Gasteiger partial charge is 0.481 e. The second kappa shape index (κ2) is 7.13. The fourth-order valence-corrected chi connectivity index (χ4v) is 2.67. The van der Waals surface area contributed by atoms with Gasteiger partial charge in [0.25, 0.3) is 0 Å². The van der Waals surface area contributed by atoms with Crippen molar-refractivity contribution in [1.29, 1.82) is 5.26 Å². The van der Waals surface area contributed by atoms with Gasteiger partial charge < -0.3 is 10.0 Å². The first kappa shape index (κ1) is 15.5. The topological polar surface area (TPSA) is 81.4 Å². The zero-order valence-corrected chi connectivity index (χ0v) is 11.6. The molecule has 0 aliphatic heterocycles. The van der Waals surface area contributed by atoms with Crippen LogP contribution in [0, 0.1) is 23.2 Å². The molecule has 0 bridgehead atoms. The molecule has 2 unspecified atom stereocenters. The van der Waals surface area contributed by atoms with Gasteiger partial charge in [0.1, 0.15) is 0 Å². The third kappa shape index (κ3) is 4.23. The Labute approximate surface area is 114 Å². The molecule has 1 fully saturated rings. The number of carbonyl (C=O) groups is 2. The highest BCUT2D eigenvalue weighted by Crippen LogP contribution is 2.31. The molecule has 5 heteroatoms. The predicted octanol–water partition coefficient (Wildman–Crippen LogP) is 2.03. The van der Waals surface area contributed by atoms with E-state index in [0.717, 1.165) is 12.8 Å². The number of aliphatic carboxylic acids is 1. The first-order valence-corrected chi connectivity index (χ1v) is 6.87. The van der Waals surface area contributed by atoms with Gasteiger partial charge in [-0.25, -0.2) is 0 Å². The van der Waals surface area contributed by atoms with Crippen molar-refractivity contribution in [3.05, 3.63) is 0 Å². The van der Waals surface area contributed by atoms with Gasteiger partial charge in [-0.15, -0.1) is 0 Å². The first-order valence-electron chi connectivity index (χ1n) is 6.87. The standard InChI is InChI=1S/C14H22N2O3/c1-10(2)16(8-4-7-15)13(17)11-5-3-6-12(9-11)14(18)19/h10-12H,3-6,8-9H2,1-2H3,(H,18,19). The fourth-order valence-electron chi connectivity index (χ4n) is 2.67. The molecule has 1 saturated carbocycles. The Balaban J connectivity index is 2.68. The van der Waals surface area contributed by atoms with E-state index in [4.69, 9.17) is 10.4 Å². The van der Waals surface area contributed by atoms with Crippen LogP contribution >= 0.6 is 0 Å². The van der Waals surface area contributed by atoms with E-state index in [2.05, 4.69) is 0 Å². The summed E-state index contributed by atoms with van der Waals surface area (Å²) in [7, 11) is 0. The maximum atomic E-state index is 12.4. The lowest BCUT2D eigenvalue weighted by Gasteiger charge is -2.33. The molecule has 106 valence electrons. The van der Waals surface area contributed by atoms with E-state index in [0.29, 0.717) is 25.8 Å². The van der Waals surface area contributed by atoms with Crippen LogP contribution in [0.25, 0.3) is 0 Å². The minimum Gasteiger partial charge on any atom is -0.481 e. The molecule has 1 N–H and O–H groups in total. The quantitative estimate of drug-likeness (QED) is 0.825. The number of carbonyl (C=O) groups excluding carboxylic acids is 1. The van der Waals surface area contributed by atoms with Crippen molar-refractivity contribution in [3.63, 3.8) is 0 Å². The molecule has 0 aromatic carbocycles. The van der Waals surface area contributed by atoms with Crippen molar-refractivity contribution in [2.45, 2.75) is 52.0 Å². The summed E-state index contributed by atoms with van der Waals surface area (Å²) < 4.78 is 0. The molecule has 1 aliphatic rings. The molecule has 0 aromatic rings. The van der Waals surface area contributed by atoms with Crippen molar-refractivity contribution < 1.29 is 14.7 Å². The second-order valence-corrected chi connectivity index (χ2v) is 5.43. The van der Waals surface area contributed by atoms with E-state index >= 15 is 0 Å². The zero-order valence-electron chi connectivity index (χ0n) is 11.6. The van der Waals surface area contributed by atoms with Gasteiger partial charge in [-0.05, 0) is 33.1 Å². The van der Waals surface area contributed by atoms with Gasteiger partial charge in [0.05, 0.1) is 18.4 Å². The molecule has 0 heterocycles. The van der Waals surface area contributed by atoms with Crippen molar-refractivity contribution in [2.75, 3.05) is 6.54 Å². The number of carboxylic acids is 1. The van der Waals surface area contributed by atoms with Crippen molar-refractivity contribution >= 4 is 11.9 Å². The molecule has 0 aromatic heterocycles. The molecule has 0 radical (unpaired) electrons. The number of hydrogen-bond donors (Lipinski definition) is 1. The van der Waals surface area contributed by atoms with Crippen molar-refractivity contribution in [1.82, 2.24) is 4.90 Å². The molecular weight excluding hydrogens is 244 g/mol. The summed E-state index contributed by atoms with van der Waals surface area (Å²) in [6.07, 6.45) is 2.97. The molecule has 5 nitrogen and oxygen atoms in total. The molecule has 2 atom stereocenters. The van der Waals surface area contributed by atoms with Gasteiger partial charge in [0.15, 0.2) is 0 Å². The maximum absolute atomic E-state index is 12.4. The van der Waals surface area contributed by atoms with Crippen LogP contribution in [0.1, 0.15) is 46.0 Å². The average Bonchev–Trinajstić information content (AvgIpc) is 2.38. The Morgan fingerprint density at radius 3 is 2.53 bits per heavy atom. The van der Waals surface area contributed by atoms with Crippen LogP contribution in [0.15, 0.2) is 0 Å². The van der Waals surface area contributed by atoms with Crippen LogP contribution in [-0.2, 0) is 9.59 Å². The number of rotatable bonds is 5. The van der Waals surface area contributed by atoms with Gasteiger partial charge in [-0.1, -0.05) is 6.42 Å². The predicted molar refractivity (Wildman–Crippen MR) is 70.2 cm³/mol. The minimum atomic E-state index is -0.800. The summed E-state index contributed by atoms with van der Waals surface area (Å²) in [6.45, 7) is 4.28. The van der Waals surface area contributed by atoms with Crippen LogP contribution in [0.2, 0.25) is 0 Å². The Morgan fingerprint density at radius 1 is 1.37 bits per heavy atom. The number of hydrogen-bond acceptors (Lipinski definition) is 3. The van der Waals surface area contributed by atoms with Gasteiger partial charge in [0.2, 0.25) is 5.91 Å². The number of carboxylic acid groups (broad SMARTS) is 1.